The summed E-state index contributed by atoms with van der Waals surface area (Å²) in [4.78, 5) is 24.9. The van der Waals surface area contributed by atoms with E-state index in [0.717, 1.165) is 25.1 Å². The Balaban J connectivity index is 1.85. The summed E-state index contributed by atoms with van der Waals surface area (Å²) in [6.07, 6.45) is 7.10. The van der Waals surface area contributed by atoms with Gasteiger partial charge in [-0.2, -0.15) is 0 Å². The molecular weight excluding hydrogens is 246 g/mol. The van der Waals surface area contributed by atoms with Crippen LogP contribution in [0.2, 0.25) is 0 Å². The molecule has 2 aliphatic heterocycles. The van der Waals surface area contributed by atoms with Crippen molar-refractivity contribution in [1.82, 2.24) is 15.3 Å². The number of carbonyl (C=O) groups is 2. The molecule has 2 aliphatic rings. The molecule has 0 radical (unpaired) electrons. The molecular formula is C13H19N3O3. The van der Waals surface area contributed by atoms with Crippen LogP contribution >= 0.6 is 0 Å². The van der Waals surface area contributed by atoms with Crippen LogP contribution < -0.4 is 5.43 Å². The maximum absolute atomic E-state index is 12.0. The van der Waals surface area contributed by atoms with E-state index in [4.69, 9.17) is 0 Å². The molecule has 0 spiro atoms. The van der Waals surface area contributed by atoms with Gasteiger partial charge in [-0.05, 0) is 12.8 Å². The Bertz CT molecular complexity index is 417. The van der Waals surface area contributed by atoms with E-state index in [2.05, 4.69) is 16.2 Å². The Hall–Kier alpha value is -1.82. The first kappa shape index (κ1) is 13.6. The van der Waals surface area contributed by atoms with Crippen LogP contribution in [-0.4, -0.2) is 55.2 Å². The van der Waals surface area contributed by atoms with Crippen molar-refractivity contribution in [2.45, 2.75) is 12.8 Å². The fraction of sp³-hybridized carbons (Fsp3) is 0.538. The van der Waals surface area contributed by atoms with Crippen LogP contribution in [0.3, 0.4) is 0 Å². The molecule has 0 fully saturated rings. The highest BCUT2D eigenvalue weighted by Crippen LogP contribution is 2.12. The topological polar surface area (TPSA) is 61.9 Å². The molecule has 104 valence electrons. The van der Waals surface area contributed by atoms with Gasteiger partial charge < -0.3 is 9.64 Å². The lowest BCUT2D eigenvalue weighted by Gasteiger charge is -2.27. The first-order chi connectivity index (χ1) is 9.20. The fourth-order valence-electron chi connectivity index (χ4n) is 2.13. The molecule has 6 heteroatoms. The molecule has 19 heavy (non-hydrogen) atoms. The number of hydrogen-bond acceptors (Lipinski definition) is 4. The van der Waals surface area contributed by atoms with Crippen molar-refractivity contribution >= 4 is 12.0 Å². The third kappa shape index (κ3) is 3.57. The highest BCUT2D eigenvalue weighted by atomic mass is 16.5. The largest absolute Gasteiger partial charge is 0.453 e. The monoisotopic (exact) mass is 265 g/mol. The molecule has 0 atom stereocenters. The molecule has 6 nitrogen and oxygen atoms in total. The van der Waals surface area contributed by atoms with Gasteiger partial charge in [0, 0.05) is 31.8 Å². The molecule has 2 heterocycles. The van der Waals surface area contributed by atoms with Crippen molar-refractivity contribution < 1.29 is 14.3 Å². The Labute approximate surface area is 112 Å². The normalized spacial score (nSPS) is 19.8. The van der Waals surface area contributed by atoms with Crippen molar-refractivity contribution in [2.75, 3.05) is 33.3 Å². The van der Waals surface area contributed by atoms with Gasteiger partial charge in [0.25, 0.3) is 5.91 Å². The molecule has 0 unspecified atom stereocenters. The molecule has 0 bridgehead atoms. The number of methoxy groups -OCH3 is 1. The summed E-state index contributed by atoms with van der Waals surface area (Å²) < 4.78 is 4.65. The van der Waals surface area contributed by atoms with Gasteiger partial charge in [-0.1, -0.05) is 18.2 Å². The van der Waals surface area contributed by atoms with Gasteiger partial charge in [0.2, 0.25) is 0 Å². The van der Waals surface area contributed by atoms with Crippen molar-refractivity contribution in [3.63, 3.8) is 0 Å². The zero-order valence-electron chi connectivity index (χ0n) is 11.1. The maximum atomic E-state index is 12.0. The molecule has 0 aromatic heterocycles. The van der Waals surface area contributed by atoms with E-state index in [1.165, 1.54) is 7.11 Å². The van der Waals surface area contributed by atoms with Crippen LogP contribution in [0.15, 0.2) is 23.8 Å². The standard InChI is InChI=1S/C13H19N3O3/c1-19-13(18)15-9-5-11(6-10-15)12(17)14-16-7-3-2-4-8-16/h2-3,5H,4,6-10H2,1H3,(H,14,17). The molecule has 0 saturated heterocycles. The lowest BCUT2D eigenvalue weighted by molar-refractivity contribution is -0.122. The van der Waals surface area contributed by atoms with Crippen LogP contribution in [0.1, 0.15) is 12.8 Å². The molecule has 0 saturated carbocycles. The Morgan fingerprint density at radius 1 is 1.26 bits per heavy atom. The lowest BCUT2D eigenvalue weighted by atomic mass is 10.1. The van der Waals surface area contributed by atoms with Gasteiger partial charge in [-0.15, -0.1) is 0 Å². The third-order valence-corrected chi connectivity index (χ3v) is 3.25. The Kier molecular flexibility index (Phi) is 4.57. The van der Waals surface area contributed by atoms with E-state index in [9.17, 15) is 9.59 Å². The van der Waals surface area contributed by atoms with Gasteiger partial charge in [0.05, 0.1) is 7.11 Å². The van der Waals surface area contributed by atoms with Crippen molar-refractivity contribution in [3.05, 3.63) is 23.8 Å². The van der Waals surface area contributed by atoms with Crippen molar-refractivity contribution in [2.24, 2.45) is 0 Å². The number of hydrogen-bond donors (Lipinski definition) is 1. The predicted molar refractivity (Wildman–Crippen MR) is 70.2 cm³/mol. The minimum absolute atomic E-state index is 0.0696. The van der Waals surface area contributed by atoms with E-state index in [1.807, 2.05) is 11.1 Å². The minimum Gasteiger partial charge on any atom is -0.453 e. The number of ether oxygens (including phenoxy) is 1. The van der Waals surface area contributed by atoms with Crippen LogP contribution in [-0.2, 0) is 9.53 Å². The second-order valence-electron chi connectivity index (χ2n) is 4.54. The molecule has 1 N–H and O–H groups in total. The van der Waals surface area contributed by atoms with Crippen LogP contribution in [0.25, 0.3) is 0 Å². The summed E-state index contributed by atoms with van der Waals surface area (Å²) in [5.41, 5.74) is 3.62. The number of carbonyl (C=O) groups excluding carboxylic acids is 2. The summed E-state index contributed by atoms with van der Waals surface area (Å²) in [6, 6.07) is 0. The quantitative estimate of drug-likeness (QED) is 0.746. The molecule has 0 aromatic rings. The van der Waals surface area contributed by atoms with Gasteiger partial charge in [-0.3, -0.25) is 10.2 Å². The number of rotatable bonds is 2. The Morgan fingerprint density at radius 2 is 2.11 bits per heavy atom. The van der Waals surface area contributed by atoms with E-state index in [1.54, 1.807) is 11.0 Å². The van der Waals surface area contributed by atoms with Gasteiger partial charge in [0.1, 0.15) is 0 Å². The minimum atomic E-state index is -0.350. The highest BCUT2D eigenvalue weighted by molar-refractivity contribution is 5.93. The van der Waals surface area contributed by atoms with E-state index in [-0.39, 0.29) is 12.0 Å². The van der Waals surface area contributed by atoms with Crippen molar-refractivity contribution in [3.8, 4) is 0 Å². The highest BCUT2D eigenvalue weighted by Gasteiger charge is 2.21. The molecule has 2 amide bonds. The zero-order chi connectivity index (χ0) is 13.7. The second kappa shape index (κ2) is 6.38. The molecule has 2 rings (SSSR count). The summed E-state index contributed by atoms with van der Waals surface area (Å²) in [6.45, 7) is 2.53. The predicted octanol–water partition coefficient (Wildman–Crippen LogP) is 0.678. The SMILES string of the molecule is COC(=O)N1CC=C(C(=O)NN2CC=CCC2)CC1. The third-order valence-electron chi connectivity index (χ3n) is 3.25. The number of hydrazine groups is 1. The summed E-state index contributed by atoms with van der Waals surface area (Å²) >= 11 is 0. The number of nitrogens with one attached hydrogen (secondary N) is 1. The smallest absolute Gasteiger partial charge is 0.409 e. The zero-order valence-corrected chi connectivity index (χ0v) is 11.1. The summed E-state index contributed by atoms with van der Waals surface area (Å²) in [5, 5.41) is 1.90. The average Bonchev–Trinajstić information content (AvgIpc) is 2.47. The molecule has 0 aromatic carbocycles. The molecule has 0 aliphatic carbocycles. The number of nitrogens with zero attached hydrogens (tertiary/aromatic N) is 2. The first-order valence-corrected chi connectivity index (χ1v) is 6.43. The van der Waals surface area contributed by atoms with Crippen molar-refractivity contribution in [1.29, 1.82) is 0 Å². The second-order valence-corrected chi connectivity index (χ2v) is 4.54. The fourth-order valence-corrected chi connectivity index (χ4v) is 2.13. The van der Waals surface area contributed by atoms with Gasteiger partial charge in [-0.25, -0.2) is 9.80 Å². The van der Waals surface area contributed by atoms with E-state index >= 15 is 0 Å². The maximum Gasteiger partial charge on any atom is 0.409 e. The van der Waals surface area contributed by atoms with Crippen LogP contribution in [0.5, 0.6) is 0 Å². The first-order valence-electron chi connectivity index (χ1n) is 6.43. The van der Waals surface area contributed by atoms with Gasteiger partial charge >= 0.3 is 6.09 Å². The summed E-state index contributed by atoms with van der Waals surface area (Å²) in [5.74, 6) is -0.0696. The van der Waals surface area contributed by atoms with Crippen LogP contribution in [0.4, 0.5) is 4.79 Å². The lowest BCUT2D eigenvalue weighted by Crippen LogP contribution is -2.45. The van der Waals surface area contributed by atoms with E-state index < -0.39 is 0 Å². The average molecular weight is 265 g/mol. The number of amides is 2. The van der Waals surface area contributed by atoms with E-state index in [0.29, 0.717) is 19.5 Å². The summed E-state index contributed by atoms with van der Waals surface area (Å²) in [7, 11) is 1.36. The van der Waals surface area contributed by atoms with Gasteiger partial charge in [0.15, 0.2) is 0 Å². The Morgan fingerprint density at radius 3 is 2.68 bits per heavy atom. The van der Waals surface area contributed by atoms with Crippen LogP contribution in [0, 0.1) is 0 Å².